The minimum absolute atomic E-state index is 0.103. The van der Waals surface area contributed by atoms with Crippen LogP contribution < -0.4 is 10.1 Å². The highest BCUT2D eigenvalue weighted by Gasteiger charge is 2.14. The number of nitrogens with zero attached hydrogens (tertiary/aromatic N) is 2. The zero-order chi connectivity index (χ0) is 14.4. The summed E-state index contributed by atoms with van der Waals surface area (Å²) in [6, 6.07) is 6.18. The van der Waals surface area contributed by atoms with E-state index in [0.717, 1.165) is 17.9 Å². The first kappa shape index (κ1) is 14.5. The summed E-state index contributed by atoms with van der Waals surface area (Å²) in [5.74, 6) is 0.800. The van der Waals surface area contributed by atoms with Crippen molar-refractivity contribution in [2.75, 3.05) is 6.54 Å². The summed E-state index contributed by atoms with van der Waals surface area (Å²) in [7, 11) is 0. The Labute approximate surface area is 120 Å². The Morgan fingerprint density at radius 2 is 1.85 bits per heavy atom. The molecule has 0 spiro atoms. The fourth-order valence-corrected chi connectivity index (χ4v) is 2.12. The van der Waals surface area contributed by atoms with Crippen LogP contribution in [0.2, 0.25) is 0 Å². The number of ether oxygens (including phenoxy) is 1. The first-order valence-electron chi connectivity index (χ1n) is 6.95. The SMILES string of the molecule is CCNC(c1ccncc1)c1cncc(OC(C)C)c1. The minimum Gasteiger partial charge on any atom is -0.489 e. The summed E-state index contributed by atoms with van der Waals surface area (Å²) >= 11 is 0. The van der Waals surface area contributed by atoms with Crippen molar-refractivity contribution in [1.29, 1.82) is 0 Å². The molecule has 0 saturated heterocycles. The van der Waals surface area contributed by atoms with Crippen LogP contribution in [0.15, 0.2) is 43.0 Å². The quantitative estimate of drug-likeness (QED) is 0.877. The van der Waals surface area contributed by atoms with E-state index in [0.29, 0.717) is 0 Å². The van der Waals surface area contributed by atoms with Crippen molar-refractivity contribution in [3.05, 3.63) is 54.1 Å². The molecule has 1 atom stereocenters. The predicted molar refractivity (Wildman–Crippen MR) is 79.8 cm³/mol. The fraction of sp³-hybridized carbons (Fsp3) is 0.375. The second-order valence-electron chi connectivity index (χ2n) is 4.89. The molecule has 0 aliphatic rings. The molecular formula is C16H21N3O. The number of hydrogen-bond acceptors (Lipinski definition) is 4. The van der Waals surface area contributed by atoms with Crippen molar-refractivity contribution in [3.63, 3.8) is 0 Å². The molecule has 4 heteroatoms. The molecule has 20 heavy (non-hydrogen) atoms. The van der Waals surface area contributed by atoms with Crippen molar-refractivity contribution >= 4 is 0 Å². The van der Waals surface area contributed by atoms with Crippen molar-refractivity contribution in [3.8, 4) is 5.75 Å². The van der Waals surface area contributed by atoms with Gasteiger partial charge < -0.3 is 10.1 Å². The van der Waals surface area contributed by atoms with Gasteiger partial charge in [0.15, 0.2) is 0 Å². The predicted octanol–water partition coefficient (Wildman–Crippen LogP) is 2.96. The van der Waals surface area contributed by atoms with Crippen LogP contribution in [0, 0.1) is 0 Å². The number of aromatic nitrogens is 2. The number of pyridine rings is 2. The van der Waals surface area contributed by atoms with Gasteiger partial charge in [0.1, 0.15) is 5.75 Å². The maximum absolute atomic E-state index is 5.72. The van der Waals surface area contributed by atoms with E-state index < -0.39 is 0 Å². The molecule has 0 fully saturated rings. The van der Waals surface area contributed by atoms with Crippen molar-refractivity contribution in [1.82, 2.24) is 15.3 Å². The molecule has 0 aromatic carbocycles. The van der Waals surface area contributed by atoms with Crippen molar-refractivity contribution in [2.24, 2.45) is 0 Å². The van der Waals surface area contributed by atoms with Gasteiger partial charge in [0.05, 0.1) is 18.3 Å². The average Bonchev–Trinajstić information content (AvgIpc) is 2.45. The van der Waals surface area contributed by atoms with Gasteiger partial charge in [0, 0.05) is 18.6 Å². The van der Waals surface area contributed by atoms with E-state index in [1.165, 1.54) is 5.56 Å². The maximum atomic E-state index is 5.72. The number of nitrogens with one attached hydrogen (secondary N) is 1. The zero-order valence-electron chi connectivity index (χ0n) is 12.2. The zero-order valence-corrected chi connectivity index (χ0v) is 12.2. The van der Waals surface area contributed by atoms with Gasteiger partial charge in [-0.25, -0.2) is 0 Å². The third-order valence-electron chi connectivity index (χ3n) is 2.89. The Balaban J connectivity index is 2.30. The van der Waals surface area contributed by atoms with E-state index in [1.807, 2.05) is 50.6 Å². The Hall–Kier alpha value is -1.94. The largest absolute Gasteiger partial charge is 0.489 e. The molecule has 0 saturated carbocycles. The minimum atomic E-state index is 0.103. The van der Waals surface area contributed by atoms with Gasteiger partial charge in [-0.1, -0.05) is 6.92 Å². The summed E-state index contributed by atoms with van der Waals surface area (Å²) in [6.45, 7) is 6.99. The van der Waals surface area contributed by atoms with Crippen LogP contribution in [-0.2, 0) is 0 Å². The van der Waals surface area contributed by atoms with Crippen LogP contribution in [0.3, 0.4) is 0 Å². The van der Waals surface area contributed by atoms with E-state index in [4.69, 9.17) is 4.74 Å². The first-order chi connectivity index (χ1) is 9.70. The molecule has 106 valence electrons. The third kappa shape index (κ3) is 3.78. The van der Waals surface area contributed by atoms with Crippen LogP contribution in [0.4, 0.5) is 0 Å². The number of hydrogen-bond donors (Lipinski definition) is 1. The highest BCUT2D eigenvalue weighted by molar-refractivity contribution is 5.33. The average molecular weight is 271 g/mol. The van der Waals surface area contributed by atoms with Crippen molar-refractivity contribution < 1.29 is 4.74 Å². The molecule has 0 aliphatic heterocycles. The van der Waals surface area contributed by atoms with Gasteiger partial charge in [-0.15, -0.1) is 0 Å². The molecule has 2 heterocycles. The highest BCUT2D eigenvalue weighted by Crippen LogP contribution is 2.24. The van der Waals surface area contributed by atoms with Crippen LogP contribution in [0.1, 0.15) is 37.9 Å². The van der Waals surface area contributed by atoms with Gasteiger partial charge in [-0.3, -0.25) is 9.97 Å². The molecule has 0 bridgehead atoms. The van der Waals surface area contributed by atoms with Gasteiger partial charge >= 0.3 is 0 Å². The molecule has 1 N–H and O–H groups in total. The molecule has 1 unspecified atom stereocenters. The molecule has 0 radical (unpaired) electrons. The van der Waals surface area contributed by atoms with Gasteiger partial charge in [-0.05, 0) is 49.7 Å². The molecule has 2 rings (SSSR count). The van der Waals surface area contributed by atoms with E-state index in [9.17, 15) is 0 Å². The Kier molecular flexibility index (Phi) is 5.07. The lowest BCUT2D eigenvalue weighted by Crippen LogP contribution is -2.22. The van der Waals surface area contributed by atoms with E-state index >= 15 is 0 Å². The second kappa shape index (κ2) is 7.01. The van der Waals surface area contributed by atoms with Gasteiger partial charge in [0.25, 0.3) is 0 Å². The summed E-state index contributed by atoms with van der Waals surface area (Å²) in [5, 5.41) is 3.47. The molecule has 2 aromatic heterocycles. The fourth-order valence-electron chi connectivity index (χ4n) is 2.12. The Morgan fingerprint density at radius 1 is 1.10 bits per heavy atom. The normalized spacial score (nSPS) is 12.4. The van der Waals surface area contributed by atoms with Crippen molar-refractivity contribution in [2.45, 2.75) is 32.9 Å². The lowest BCUT2D eigenvalue weighted by atomic mass is 10.0. The highest BCUT2D eigenvalue weighted by atomic mass is 16.5. The monoisotopic (exact) mass is 271 g/mol. The smallest absolute Gasteiger partial charge is 0.138 e. The summed E-state index contributed by atoms with van der Waals surface area (Å²) in [6.07, 6.45) is 7.38. The Morgan fingerprint density at radius 3 is 2.50 bits per heavy atom. The first-order valence-corrected chi connectivity index (χ1v) is 6.95. The lowest BCUT2D eigenvalue weighted by Gasteiger charge is -2.19. The van der Waals surface area contributed by atoms with Crippen LogP contribution in [0.25, 0.3) is 0 Å². The van der Waals surface area contributed by atoms with Crippen LogP contribution >= 0.6 is 0 Å². The molecule has 0 aliphatic carbocycles. The van der Waals surface area contributed by atoms with Gasteiger partial charge in [-0.2, -0.15) is 0 Å². The lowest BCUT2D eigenvalue weighted by molar-refractivity contribution is 0.241. The van der Waals surface area contributed by atoms with E-state index in [-0.39, 0.29) is 12.1 Å². The van der Waals surface area contributed by atoms with E-state index in [1.54, 1.807) is 6.20 Å². The molecule has 0 amide bonds. The molecule has 2 aromatic rings. The standard InChI is InChI=1S/C16H21N3O/c1-4-19-16(13-5-7-17-8-6-13)14-9-15(11-18-10-14)20-12(2)3/h5-12,16,19H,4H2,1-3H3. The Bertz CT molecular complexity index is 528. The maximum Gasteiger partial charge on any atom is 0.138 e. The third-order valence-corrected chi connectivity index (χ3v) is 2.89. The van der Waals surface area contributed by atoms with E-state index in [2.05, 4.69) is 22.2 Å². The summed E-state index contributed by atoms with van der Waals surface area (Å²) in [5.41, 5.74) is 2.27. The molecular weight excluding hydrogens is 250 g/mol. The van der Waals surface area contributed by atoms with Crippen LogP contribution in [0.5, 0.6) is 5.75 Å². The number of rotatable bonds is 6. The topological polar surface area (TPSA) is 47.0 Å². The summed E-state index contributed by atoms with van der Waals surface area (Å²) < 4.78 is 5.72. The van der Waals surface area contributed by atoms with Crippen LogP contribution in [-0.4, -0.2) is 22.6 Å². The summed E-state index contributed by atoms with van der Waals surface area (Å²) in [4.78, 5) is 8.36. The molecule has 4 nitrogen and oxygen atoms in total. The van der Waals surface area contributed by atoms with Gasteiger partial charge in [0.2, 0.25) is 0 Å². The second-order valence-corrected chi connectivity index (χ2v) is 4.89.